The van der Waals surface area contributed by atoms with Crippen LogP contribution in [0.25, 0.3) is 0 Å². The van der Waals surface area contributed by atoms with Crippen molar-refractivity contribution in [2.45, 2.75) is 39.7 Å². The van der Waals surface area contributed by atoms with Crippen molar-refractivity contribution in [1.29, 1.82) is 0 Å². The van der Waals surface area contributed by atoms with Crippen molar-refractivity contribution in [3.63, 3.8) is 0 Å². The maximum absolute atomic E-state index is 12.1. The monoisotopic (exact) mass is 218 g/mol. The van der Waals surface area contributed by atoms with E-state index in [1.54, 1.807) is 0 Å². The minimum Gasteiger partial charge on any atom is -0.491 e. The van der Waals surface area contributed by atoms with Gasteiger partial charge in [0.2, 0.25) is 0 Å². The number of hydrogen-bond acceptors (Lipinski definition) is 2. The molecule has 0 spiro atoms. The average molecular weight is 218 g/mol. The molecule has 16 heavy (non-hydrogen) atoms. The van der Waals surface area contributed by atoms with E-state index < -0.39 is 0 Å². The summed E-state index contributed by atoms with van der Waals surface area (Å²) in [4.78, 5) is 12.1. The van der Waals surface area contributed by atoms with E-state index in [-0.39, 0.29) is 17.3 Å². The molecule has 2 rings (SSSR count). The lowest BCUT2D eigenvalue weighted by Gasteiger charge is -2.12. The van der Waals surface area contributed by atoms with Gasteiger partial charge in [-0.2, -0.15) is 0 Å². The van der Waals surface area contributed by atoms with Gasteiger partial charge in [-0.3, -0.25) is 4.79 Å². The number of benzene rings is 1. The Balaban J connectivity index is 2.19. The van der Waals surface area contributed by atoms with Gasteiger partial charge in [0.05, 0.1) is 6.10 Å². The number of rotatable bonds is 4. The highest BCUT2D eigenvalue weighted by Gasteiger charge is 2.44. The van der Waals surface area contributed by atoms with Crippen LogP contribution in [-0.2, 0) is 0 Å². The maximum Gasteiger partial charge on any atom is 0.168 e. The highest BCUT2D eigenvalue weighted by molar-refractivity contribution is 6.02. The normalized spacial score (nSPS) is 17.2. The summed E-state index contributed by atoms with van der Waals surface area (Å²) in [6, 6.07) is 7.51. The van der Waals surface area contributed by atoms with Crippen molar-refractivity contribution >= 4 is 5.78 Å². The molecular weight excluding hydrogens is 200 g/mol. The second kappa shape index (κ2) is 3.93. The molecular formula is C14H18O2. The van der Waals surface area contributed by atoms with Crippen LogP contribution in [-0.4, -0.2) is 11.9 Å². The molecule has 0 saturated heterocycles. The van der Waals surface area contributed by atoms with Crippen LogP contribution in [0, 0.1) is 5.41 Å². The van der Waals surface area contributed by atoms with E-state index in [1.165, 1.54) is 0 Å². The molecule has 1 saturated carbocycles. The molecule has 2 heteroatoms. The first kappa shape index (κ1) is 11.2. The quantitative estimate of drug-likeness (QED) is 0.723. The molecule has 1 aliphatic rings. The fourth-order valence-electron chi connectivity index (χ4n) is 1.75. The van der Waals surface area contributed by atoms with Crippen LogP contribution >= 0.6 is 0 Å². The van der Waals surface area contributed by atoms with Gasteiger partial charge in [-0.1, -0.05) is 19.1 Å². The maximum atomic E-state index is 12.1. The summed E-state index contributed by atoms with van der Waals surface area (Å²) in [5.41, 5.74) is 0.675. The van der Waals surface area contributed by atoms with E-state index in [0.717, 1.165) is 24.2 Å². The molecule has 1 fully saturated rings. The molecule has 0 atom stereocenters. The Kier molecular flexibility index (Phi) is 2.75. The topological polar surface area (TPSA) is 26.3 Å². The molecule has 0 bridgehead atoms. The van der Waals surface area contributed by atoms with Crippen LogP contribution in [0.2, 0.25) is 0 Å². The Labute approximate surface area is 96.6 Å². The summed E-state index contributed by atoms with van der Waals surface area (Å²) in [5, 5.41) is 0. The number of ether oxygens (including phenoxy) is 1. The number of carbonyl (C=O) groups is 1. The van der Waals surface area contributed by atoms with Crippen LogP contribution in [0.4, 0.5) is 0 Å². The predicted octanol–water partition coefficient (Wildman–Crippen LogP) is 3.46. The largest absolute Gasteiger partial charge is 0.491 e. The molecule has 0 aliphatic heterocycles. The van der Waals surface area contributed by atoms with Gasteiger partial charge < -0.3 is 4.74 Å². The summed E-state index contributed by atoms with van der Waals surface area (Å²) in [7, 11) is 0. The fourth-order valence-corrected chi connectivity index (χ4v) is 1.75. The fraction of sp³-hybridized carbons (Fsp3) is 0.500. The Morgan fingerprint density at radius 1 is 1.38 bits per heavy atom. The van der Waals surface area contributed by atoms with E-state index in [4.69, 9.17) is 4.74 Å². The Morgan fingerprint density at radius 3 is 2.62 bits per heavy atom. The van der Waals surface area contributed by atoms with E-state index >= 15 is 0 Å². The molecule has 0 radical (unpaired) electrons. The third-order valence-corrected chi connectivity index (χ3v) is 3.02. The third kappa shape index (κ3) is 2.26. The summed E-state index contributed by atoms with van der Waals surface area (Å²) >= 11 is 0. The lowest BCUT2D eigenvalue weighted by Crippen LogP contribution is -2.12. The smallest absolute Gasteiger partial charge is 0.168 e. The van der Waals surface area contributed by atoms with E-state index in [1.807, 2.05) is 45.0 Å². The van der Waals surface area contributed by atoms with Gasteiger partial charge in [0, 0.05) is 11.0 Å². The standard InChI is InChI=1S/C14H18O2/c1-10(2)16-12-6-4-5-11(9-12)13(15)14(3)7-8-14/h4-6,9-10H,7-8H2,1-3H3. The molecule has 0 heterocycles. The van der Waals surface area contributed by atoms with Crippen molar-refractivity contribution in [3.05, 3.63) is 29.8 Å². The lowest BCUT2D eigenvalue weighted by atomic mass is 9.97. The van der Waals surface area contributed by atoms with Gasteiger partial charge in [-0.25, -0.2) is 0 Å². The number of hydrogen-bond donors (Lipinski definition) is 0. The van der Waals surface area contributed by atoms with Crippen LogP contribution in [0.1, 0.15) is 44.0 Å². The average Bonchev–Trinajstić information content (AvgIpc) is 2.96. The van der Waals surface area contributed by atoms with Gasteiger partial charge in [0.15, 0.2) is 5.78 Å². The first-order valence-electron chi connectivity index (χ1n) is 5.83. The summed E-state index contributed by atoms with van der Waals surface area (Å²) in [6.45, 7) is 6.00. The first-order chi connectivity index (χ1) is 7.51. The third-order valence-electron chi connectivity index (χ3n) is 3.02. The highest BCUT2D eigenvalue weighted by atomic mass is 16.5. The zero-order chi connectivity index (χ0) is 11.8. The van der Waals surface area contributed by atoms with E-state index in [9.17, 15) is 4.79 Å². The van der Waals surface area contributed by atoms with Crippen molar-refractivity contribution in [2.75, 3.05) is 0 Å². The zero-order valence-electron chi connectivity index (χ0n) is 10.1. The molecule has 0 unspecified atom stereocenters. The summed E-state index contributed by atoms with van der Waals surface area (Å²) < 4.78 is 5.59. The van der Waals surface area contributed by atoms with Gasteiger partial charge in [0.25, 0.3) is 0 Å². The van der Waals surface area contributed by atoms with Crippen molar-refractivity contribution in [3.8, 4) is 5.75 Å². The summed E-state index contributed by atoms with van der Waals surface area (Å²) in [5.74, 6) is 1.03. The van der Waals surface area contributed by atoms with Gasteiger partial charge in [0.1, 0.15) is 5.75 Å². The predicted molar refractivity (Wildman–Crippen MR) is 63.9 cm³/mol. The molecule has 2 nitrogen and oxygen atoms in total. The van der Waals surface area contributed by atoms with Crippen molar-refractivity contribution in [1.82, 2.24) is 0 Å². The second-order valence-corrected chi connectivity index (χ2v) is 5.08. The van der Waals surface area contributed by atoms with Crippen molar-refractivity contribution in [2.24, 2.45) is 5.41 Å². The van der Waals surface area contributed by atoms with Crippen molar-refractivity contribution < 1.29 is 9.53 Å². The zero-order valence-corrected chi connectivity index (χ0v) is 10.1. The van der Waals surface area contributed by atoms with Crippen LogP contribution in [0.5, 0.6) is 5.75 Å². The minimum absolute atomic E-state index is 0.101. The summed E-state index contributed by atoms with van der Waals surface area (Å²) in [6.07, 6.45) is 2.17. The molecule has 1 aliphatic carbocycles. The molecule has 0 N–H and O–H groups in total. The second-order valence-electron chi connectivity index (χ2n) is 5.08. The highest BCUT2D eigenvalue weighted by Crippen LogP contribution is 2.47. The van der Waals surface area contributed by atoms with E-state index in [0.29, 0.717) is 0 Å². The Morgan fingerprint density at radius 2 is 2.06 bits per heavy atom. The van der Waals surface area contributed by atoms with Crippen LogP contribution in [0.3, 0.4) is 0 Å². The molecule has 86 valence electrons. The Hall–Kier alpha value is -1.31. The van der Waals surface area contributed by atoms with E-state index in [2.05, 4.69) is 0 Å². The van der Waals surface area contributed by atoms with Crippen LogP contribution < -0.4 is 4.74 Å². The number of Topliss-reactive ketones (excluding diaryl/α,β-unsaturated/α-hetero) is 1. The first-order valence-corrected chi connectivity index (χ1v) is 5.83. The van der Waals surface area contributed by atoms with Gasteiger partial charge >= 0.3 is 0 Å². The van der Waals surface area contributed by atoms with Crippen LogP contribution in [0.15, 0.2) is 24.3 Å². The number of carbonyl (C=O) groups excluding carboxylic acids is 1. The molecule has 1 aromatic rings. The Bertz CT molecular complexity index is 403. The van der Waals surface area contributed by atoms with Gasteiger partial charge in [-0.15, -0.1) is 0 Å². The molecule has 1 aromatic carbocycles. The molecule has 0 aromatic heterocycles. The SMILES string of the molecule is CC(C)Oc1cccc(C(=O)C2(C)CC2)c1. The lowest BCUT2D eigenvalue weighted by molar-refractivity contribution is 0.0912. The van der Waals surface area contributed by atoms with Gasteiger partial charge in [-0.05, 0) is 38.8 Å². The molecule has 0 amide bonds. The number of ketones is 1. The minimum atomic E-state index is -0.101.